The number of guanidine groups is 1. The summed E-state index contributed by atoms with van der Waals surface area (Å²) < 4.78 is 36.7. The van der Waals surface area contributed by atoms with Gasteiger partial charge in [0.2, 0.25) is 0 Å². The molecule has 0 atom stereocenters. The molecule has 0 aliphatic rings. The van der Waals surface area contributed by atoms with Gasteiger partial charge in [0.1, 0.15) is 5.82 Å². The molecule has 0 spiro atoms. The van der Waals surface area contributed by atoms with Crippen LogP contribution in [-0.2, 0) is 22.1 Å². The fraction of sp³-hybridized carbons (Fsp3) is 0.611. The van der Waals surface area contributed by atoms with Crippen LogP contribution in [0.4, 0.5) is 4.39 Å². The van der Waals surface area contributed by atoms with E-state index in [1.54, 1.807) is 7.05 Å². The summed E-state index contributed by atoms with van der Waals surface area (Å²) in [5.74, 6) is 0.0905. The molecule has 6 nitrogen and oxygen atoms in total. The van der Waals surface area contributed by atoms with E-state index in [0.717, 1.165) is 19.6 Å². The second kappa shape index (κ2) is 10.5. The monoisotopic (exact) mass is 386 g/mol. The molecule has 0 amide bonds. The van der Waals surface area contributed by atoms with Gasteiger partial charge in [-0.05, 0) is 43.7 Å². The highest BCUT2D eigenvalue weighted by Gasteiger charge is 2.11. The molecule has 0 saturated heterocycles. The van der Waals surface area contributed by atoms with Gasteiger partial charge >= 0.3 is 0 Å². The van der Waals surface area contributed by atoms with Crippen molar-refractivity contribution in [3.63, 3.8) is 0 Å². The van der Waals surface area contributed by atoms with E-state index in [1.807, 2.05) is 0 Å². The first-order chi connectivity index (χ1) is 12.2. The molecule has 148 valence electrons. The third kappa shape index (κ3) is 8.14. The minimum absolute atomic E-state index is 0.115. The van der Waals surface area contributed by atoms with Crippen molar-refractivity contribution in [1.82, 2.24) is 15.5 Å². The van der Waals surface area contributed by atoms with Crippen molar-refractivity contribution >= 4 is 15.8 Å². The molecule has 1 aromatic rings. The van der Waals surface area contributed by atoms with Gasteiger partial charge in [-0.2, -0.15) is 0 Å². The number of hydrogen-bond acceptors (Lipinski definition) is 4. The zero-order valence-corrected chi connectivity index (χ0v) is 17.2. The van der Waals surface area contributed by atoms with Gasteiger partial charge in [-0.25, -0.2) is 12.8 Å². The Morgan fingerprint density at radius 1 is 1.27 bits per heavy atom. The molecule has 0 bridgehead atoms. The average molecular weight is 387 g/mol. The van der Waals surface area contributed by atoms with Crippen LogP contribution in [0.2, 0.25) is 0 Å². The minimum atomic E-state index is -3.19. The molecule has 0 saturated carbocycles. The SMILES string of the molecule is CCN(CCNC(=NC)NCc1cc(F)ccc1CS(C)(=O)=O)C(C)C. The maximum absolute atomic E-state index is 13.6. The van der Waals surface area contributed by atoms with Crippen LogP contribution in [0, 0.1) is 5.82 Å². The van der Waals surface area contributed by atoms with Crippen LogP contribution in [0.15, 0.2) is 23.2 Å². The molecule has 1 aromatic carbocycles. The van der Waals surface area contributed by atoms with E-state index in [-0.39, 0.29) is 5.75 Å². The van der Waals surface area contributed by atoms with E-state index in [1.165, 1.54) is 24.5 Å². The lowest BCUT2D eigenvalue weighted by Crippen LogP contribution is -2.43. The highest BCUT2D eigenvalue weighted by Crippen LogP contribution is 2.14. The van der Waals surface area contributed by atoms with Crippen molar-refractivity contribution in [3.8, 4) is 0 Å². The molecule has 0 aliphatic heterocycles. The van der Waals surface area contributed by atoms with Crippen LogP contribution in [0.1, 0.15) is 31.9 Å². The van der Waals surface area contributed by atoms with Crippen molar-refractivity contribution in [1.29, 1.82) is 0 Å². The number of likely N-dealkylation sites (N-methyl/N-ethyl adjacent to an activating group) is 1. The summed E-state index contributed by atoms with van der Waals surface area (Å²) in [5.41, 5.74) is 1.20. The Hall–Kier alpha value is -1.67. The van der Waals surface area contributed by atoms with Crippen molar-refractivity contribution in [2.75, 3.05) is 32.9 Å². The first kappa shape index (κ1) is 22.4. The summed E-state index contributed by atoms with van der Waals surface area (Å²) in [6.07, 6.45) is 1.17. The molecule has 0 fully saturated rings. The van der Waals surface area contributed by atoms with Crippen molar-refractivity contribution in [2.45, 2.75) is 39.1 Å². The third-order valence-electron chi connectivity index (χ3n) is 4.08. The van der Waals surface area contributed by atoms with E-state index >= 15 is 0 Å². The van der Waals surface area contributed by atoms with Crippen LogP contribution in [0.3, 0.4) is 0 Å². The Balaban J connectivity index is 2.67. The van der Waals surface area contributed by atoms with Crippen molar-refractivity contribution in [2.24, 2.45) is 4.99 Å². The summed E-state index contributed by atoms with van der Waals surface area (Å²) in [6, 6.07) is 4.63. The quantitative estimate of drug-likeness (QED) is 0.500. The van der Waals surface area contributed by atoms with Gasteiger partial charge < -0.3 is 10.6 Å². The second-order valence-corrected chi connectivity index (χ2v) is 8.70. The smallest absolute Gasteiger partial charge is 0.191 e. The predicted molar refractivity (Wildman–Crippen MR) is 106 cm³/mol. The number of nitrogens with one attached hydrogen (secondary N) is 2. The lowest BCUT2D eigenvalue weighted by Gasteiger charge is -2.25. The standard InChI is InChI=1S/C18H31FN4O2S/c1-6-23(14(2)3)10-9-21-18(20-4)22-12-16-11-17(19)8-7-15(16)13-26(5,24)25/h7-8,11,14H,6,9-10,12-13H2,1-5H3,(H2,20,21,22). The van der Waals surface area contributed by atoms with Gasteiger partial charge in [0.25, 0.3) is 0 Å². The van der Waals surface area contributed by atoms with Crippen LogP contribution in [-0.4, -0.2) is 58.3 Å². The molecule has 0 aliphatic carbocycles. The average Bonchev–Trinajstić information content (AvgIpc) is 2.55. The van der Waals surface area contributed by atoms with E-state index in [4.69, 9.17) is 0 Å². The number of aliphatic imine (C=N–C) groups is 1. The van der Waals surface area contributed by atoms with Gasteiger partial charge in [-0.15, -0.1) is 0 Å². The first-order valence-corrected chi connectivity index (χ1v) is 10.9. The number of nitrogens with zero attached hydrogens (tertiary/aromatic N) is 2. The minimum Gasteiger partial charge on any atom is -0.355 e. The topological polar surface area (TPSA) is 73.8 Å². The molecular formula is C18H31FN4O2S. The van der Waals surface area contributed by atoms with Crippen LogP contribution < -0.4 is 10.6 Å². The third-order valence-corrected chi connectivity index (χ3v) is 4.92. The van der Waals surface area contributed by atoms with Crippen LogP contribution in [0.25, 0.3) is 0 Å². The highest BCUT2D eigenvalue weighted by atomic mass is 32.2. The molecular weight excluding hydrogens is 355 g/mol. The van der Waals surface area contributed by atoms with Crippen LogP contribution >= 0.6 is 0 Å². The lowest BCUT2D eigenvalue weighted by atomic mass is 10.1. The Bertz CT molecular complexity index is 705. The van der Waals surface area contributed by atoms with E-state index in [9.17, 15) is 12.8 Å². The Morgan fingerprint density at radius 2 is 1.96 bits per heavy atom. The summed E-state index contributed by atoms with van der Waals surface area (Å²) in [7, 11) is -1.53. The number of halogens is 1. The predicted octanol–water partition coefficient (Wildman–Crippen LogP) is 1.77. The van der Waals surface area contributed by atoms with E-state index in [0.29, 0.717) is 29.7 Å². The normalized spacial score (nSPS) is 12.7. The summed E-state index contributed by atoms with van der Waals surface area (Å²) >= 11 is 0. The van der Waals surface area contributed by atoms with Gasteiger partial charge in [0, 0.05) is 39.0 Å². The van der Waals surface area contributed by atoms with Gasteiger partial charge in [0.15, 0.2) is 15.8 Å². The lowest BCUT2D eigenvalue weighted by molar-refractivity contribution is 0.237. The van der Waals surface area contributed by atoms with Crippen LogP contribution in [0.5, 0.6) is 0 Å². The number of sulfone groups is 1. The molecule has 1 rings (SSSR count). The number of hydrogen-bond donors (Lipinski definition) is 2. The molecule has 0 radical (unpaired) electrons. The molecule has 8 heteroatoms. The Kier molecular flexibility index (Phi) is 9.01. The Morgan fingerprint density at radius 3 is 2.50 bits per heavy atom. The molecule has 0 aromatic heterocycles. The van der Waals surface area contributed by atoms with Crippen molar-refractivity contribution in [3.05, 3.63) is 35.1 Å². The second-order valence-electron chi connectivity index (χ2n) is 6.56. The van der Waals surface area contributed by atoms with Gasteiger partial charge in [-0.1, -0.05) is 13.0 Å². The summed E-state index contributed by atoms with van der Waals surface area (Å²) in [4.78, 5) is 6.49. The fourth-order valence-corrected chi connectivity index (χ4v) is 3.53. The van der Waals surface area contributed by atoms with Gasteiger partial charge in [-0.3, -0.25) is 9.89 Å². The molecule has 0 unspecified atom stereocenters. The fourth-order valence-electron chi connectivity index (χ4n) is 2.68. The van der Waals surface area contributed by atoms with E-state index < -0.39 is 15.7 Å². The van der Waals surface area contributed by atoms with Gasteiger partial charge in [0.05, 0.1) is 5.75 Å². The number of rotatable bonds is 9. The molecule has 0 heterocycles. The molecule has 2 N–H and O–H groups in total. The Labute approximate surface area is 156 Å². The summed E-state index contributed by atoms with van der Waals surface area (Å²) in [6.45, 7) is 9.32. The number of benzene rings is 1. The summed E-state index contributed by atoms with van der Waals surface area (Å²) in [5, 5.41) is 6.35. The maximum Gasteiger partial charge on any atom is 0.191 e. The zero-order chi connectivity index (χ0) is 19.7. The molecule has 26 heavy (non-hydrogen) atoms. The highest BCUT2D eigenvalue weighted by molar-refractivity contribution is 7.89. The first-order valence-electron chi connectivity index (χ1n) is 8.79. The maximum atomic E-state index is 13.6. The zero-order valence-electron chi connectivity index (χ0n) is 16.3. The van der Waals surface area contributed by atoms with Crippen molar-refractivity contribution < 1.29 is 12.8 Å². The largest absolute Gasteiger partial charge is 0.355 e. The van der Waals surface area contributed by atoms with E-state index in [2.05, 4.69) is 41.3 Å².